The van der Waals surface area contributed by atoms with E-state index in [0.717, 1.165) is 25.9 Å². The van der Waals surface area contributed by atoms with Crippen molar-refractivity contribution < 1.29 is 13.2 Å². The quantitative estimate of drug-likeness (QED) is 0.839. The number of nitrogen functional groups attached to an aromatic ring is 1. The number of ketones is 1. The molecule has 1 fully saturated rings. The minimum absolute atomic E-state index is 0.0106. The molecule has 0 saturated carbocycles. The molecule has 5 nitrogen and oxygen atoms in total. The number of sulfone groups is 1. The molecule has 0 radical (unpaired) electrons. The van der Waals surface area contributed by atoms with Crippen molar-refractivity contribution in [1.82, 2.24) is 0 Å². The Kier molecular flexibility index (Phi) is 4.63. The molecule has 1 aliphatic rings. The predicted octanol–water partition coefficient (Wildman–Crippen LogP) is 2.56. The highest BCUT2D eigenvalue weighted by atomic mass is 32.2. The number of carbonyl (C=O) groups excluding carboxylic acids is 1. The standard InChI is InChI=1S/C14H22N2O3S2/c1-4-10-6-7-16(8-10)14-13(21(18,19)5-2)11(15)12(20-14)9(3)17/h10H,4-8,15H2,1-3H3. The highest BCUT2D eigenvalue weighted by Gasteiger charge is 2.32. The molecule has 118 valence electrons. The van der Waals surface area contributed by atoms with Crippen LogP contribution in [-0.4, -0.2) is 33.0 Å². The Morgan fingerprint density at radius 1 is 1.43 bits per heavy atom. The number of thiophene rings is 1. The maximum absolute atomic E-state index is 12.4. The topological polar surface area (TPSA) is 80.5 Å². The van der Waals surface area contributed by atoms with Crippen LogP contribution in [0.15, 0.2) is 4.90 Å². The van der Waals surface area contributed by atoms with Crippen LogP contribution in [0.1, 0.15) is 43.3 Å². The molecule has 0 aliphatic carbocycles. The van der Waals surface area contributed by atoms with E-state index in [0.29, 0.717) is 15.8 Å². The van der Waals surface area contributed by atoms with Gasteiger partial charge in [-0.25, -0.2) is 8.42 Å². The molecule has 7 heteroatoms. The average molecular weight is 330 g/mol. The van der Waals surface area contributed by atoms with Crippen molar-refractivity contribution in [3.63, 3.8) is 0 Å². The number of hydrogen-bond acceptors (Lipinski definition) is 6. The summed E-state index contributed by atoms with van der Waals surface area (Å²) in [6.07, 6.45) is 2.13. The second-order valence-electron chi connectivity index (χ2n) is 5.45. The first-order valence-electron chi connectivity index (χ1n) is 7.22. The van der Waals surface area contributed by atoms with E-state index in [9.17, 15) is 13.2 Å². The summed E-state index contributed by atoms with van der Waals surface area (Å²) in [4.78, 5) is 14.3. The molecular formula is C14H22N2O3S2. The molecule has 0 aromatic carbocycles. The zero-order chi connectivity index (χ0) is 15.8. The zero-order valence-electron chi connectivity index (χ0n) is 12.7. The number of nitrogens with two attached hydrogens (primary N) is 1. The first-order valence-corrected chi connectivity index (χ1v) is 9.69. The van der Waals surface area contributed by atoms with Crippen molar-refractivity contribution in [2.45, 2.75) is 38.5 Å². The SMILES string of the molecule is CCC1CCN(c2sc(C(C)=O)c(N)c2S(=O)(=O)CC)C1. The molecule has 1 aliphatic heterocycles. The molecule has 0 bridgehead atoms. The van der Waals surface area contributed by atoms with Crippen molar-refractivity contribution in [1.29, 1.82) is 0 Å². The molecule has 2 rings (SSSR count). The van der Waals surface area contributed by atoms with Crippen molar-refractivity contribution in [2.24, 2.45) is 5.92 Å². The molecular weight excluding hydrogens is 308 g/mol. The van der Waals surface area contributed by atoms with Gasteiger partial charge < -0.3 is 10.6 Å². The summed E-state index contributed by atoms with van der Waals surface area (Å²) in [5.74, 6) is 0.386. The summed E-state index contributed by atoms with van der Waals surface area (Å²) in [6.45, 7) is 6.82. The molecule has 0 spiro atoms. The van der Waals surface area contributed by atoms with Crippen LogP contribution in [-0.2, 0) is 9.84 Å². The van der Waals surface area contributed by atoms with E-state index in [1.165, 1.54) is 18.3 Å². The van der Waals surface area contributed by atoms with E-state index in [1.807, 2.05) is 0 Å². The lowest BCUT2D eigenvalue weighted by atomic mass is 10.1. The van der Waals surface area contributed by atoms with Crippen LogP contribution < -0.4 is 10.6 Å². The van der Waals surface area contributed by atoms with Gasteiger partial charge in [-0.05, 0) is 12.3 Å². The van der Waals surface area contributed by atoms with Gasteiger partial charge in [0.15, 0.2) is 15.6 Å². The number of rotatable bonds is 5. The van der Waals surface area contributed by atoms with Crippen molar-refractivity contribution in [3.8, 4) is 0 Å². The fourth-order valence-corrected chi connectivity index (χ4v) is 5.42. The Balaban J connectivity index is 2.55. The van der Waals surface area contributed by atoms with Gasteiger partial charge in [-0.3, -0.25) is 4.79 Å². The molecule has 2 N–H and O–H groups in total. The van der Waals surface area contributed by atoms with Crippen molar-refractivity contribution >= 4 is 37.6 Å². The largest absolute Gasteiger partial charge is 0.396 e. The van der Waals surface area contributed by atoms with Gasteiger partial charge >= 0.3 is 0 Å². The summed E-state index contributed by atoms with van der Waals surface area (Å²) < 4.78 is 24.8. The first kappa shape index (κ1) is 16.3. The predicted molar refractivity (Wildman–Crippen MR) is 87.1 cm³/mol. The number of hydrogen-bond donors (Lipinski definition) is 1. The third-order valence-corrected chi connectivity index (χ3v) is 7.34. The zero-order valence-corrected chi connectivity index (χ0v) is 14.3. The third-order valence-electron chi connectivity index (χ3n) is 4.04. The Bertz CT molecular complexity index is 649. The minimum atomic E-state index is -3.44. The monoisotopic (exact) mass is 330 g/mol. The van der Waals surface area contributed by atoms with Gasteiger partial charge in [-0.2, -0.15) is 0 Å². The Hall–Kier alpha value is -1.08. The molecule has 1 saturated heterocycles. The van der Waals surface area contributed by atoms with Crippen LogP contribution in [0.5, 0.6) is 0 Å². The number of Topliss-reactive ketones (excluding diaryl/α,β-unsaturated/α-hetero) is 1. The lowest BCUT2D eigenvalue weighted by Gasteiger charge is -2.18. The second kappa shape index (κ2) is 5.96. The summed E-state index contributed by atoms with van der Waals surface area (Å²) in [6, 6.07) is 0. The maximum Gasteiger partial charge on any atom is 0.183 e. The average Bonchev–Trinajstić information content (AvgIpc) is 3.02. The molecule has 21 heavy (non-hydrogen) atoms. The third kappa shape index (κ3) is 2.94. The van der Waals surface area contributed by atoms with Crippen LogP contribution in [0.2, 0.25) is 0 Å². The van der Waals surface area contributed by atoms with Gasteiger partial charge in [0.2, 0.25) is 0 Å². The Morgan fingerprint density at radius 2 is 2.10 bits per heavy atom. The van der Waals surface area contributed by atoms with E-state index in [4.69, 9.17) is 5.73 Å². The molecule has 1 aromatic rings. The molecule has 1 unspecified atom stereocenters. The van der Waals surface area contributed by atoms with Gasteiger partial charge in [0.25, 0.3) is 0 Å². The molecule has 1 aromatic heterocycles. The summed E-state index contributed by atoms with van der Waals surface area (Å²) >= 11 is 1.22. The van der Waals surface area contributed by atoms with Crippen LogP contribution in [0.3, 0.4) is 0 Å². The highest BCUT2D eigenvalue weighted by Crippen LogP contribution is 2.44. The van der Waals surface area contributed by atoms with Crippen LogP contribution in [0.4, 0.5) is 10.7 Å². The fourth-order valence-electron chi connectivity index (χ4n) is 2.68. The normalized spacial score (nSPS) is 19.2. The number of anilines is 2. The fraction of sp³-hybridized carbons (Fsp3) is 0.643. The van der Waals surface area contributed by atoms with Gasteiger partial charge in [0.1, 0.15) is 9.90 Å². The highest BCUT2D eigenvalue weighted by molar-refractivity contribution is 7.92. The van der Waals surface area contributed by atoms with Crippen LogP contribution in [0.25, 0.3) is 0 Å². The molecule has 1 atom stereocenters. The molecule has 2 heterocycles. The minimum Gasteiger partial charge on any atom is -0.396 e. The van der Waals surface area contributed by atoms with Crippen LogP contribution in [0, 0.1) is 5.92 Å². The van der Waals surface area contributed by atoms with E-state index in [-0.39, 0.29) is 22.1 Å². The van der Waals surface area contributed by atoms with E-state index in [1.54, 1.807) is 6.92 Å². The van der Waals surface area contributed by atoms with Gasteiger partial charge in [-0.1, -0.05) is 20.3 Å². The molecule has 0 amide bonds. The lowest BCUT2D eigenvalue weighted by Crippen LogP contribution is -2.21. The van der Waals surface area contributed by atoms with E-state index < -0.39 is 9.84 Å². The second-order valence-corrected chi connectivity index (χ2v) is 8.66. The van der Waals surface area contributed by atoms with Gasteiger partial charge in [0.05, 0.1) is 16.3 Å². The lowest BCUT2D eigenvalue weighted by molar-refractivity contribution is 0.102. The first-order chi connectivity index (χ1) is 9.81. The summed E-state index contributed by atoms with van der Waals surface area (Å²) in [7, 11) is -3.44. The summed E-state index contributed by atoms with van der Waals surface area (Å²) in [5.41, 5.74) is 6.11. The Morgan fingerprint density at radius 3 is 2.57 bits per heavy atom. The Labute approximate surface area is 130 Å². The van der Waals surface area contributed by atoms with E-state index >= 15 is 0 Å². The van der Waals surface area contributed by atoms with Crippen molar-refractivity contribution in [3.05, 3.63) is 4.88 Å². The maximum atomic E-state index is 12.4. The number of carbonyl (C=O) groups is 1. The van der Waals surface area contributed by atoms with Crippen LogP contribution >= 0.6 is 11.3 Å². The van der Waals surface area contributed by atoms with E-state index in [2.05, 4.69) is 11.8 Å². The van der Waals surface area contributed by atoms with Crippen molar-refractivity contribution in [2.75, 3.05) is 29.5 Å². The smallest absolute Gasteiger partial charge is 0.183 e. The van der Waals surface area contributed by atoms with Gasteiger partial charge in [-0.15, -0.1) is 11.3 Å². The van der Waals surface area contributed by atoms with Gasteiger partial charge in [0, 0.05) is 20.0 Å². The summed E-state index contributed by atoms with van der Waals surface area (Å²) in [5, 5.41) is 0.649. The number of nitrogens with zero attached hydrogens (tertiary/aromatic N) is 1.